The molecule has 0 amide bonds. The molecule has 0 radical (unpaired) electrons. The second kappa shape index (κ2) is 34.2. The molecule has 0 aromatic heterocycles. The van der Waals surface area contributed by atoms with Crippen molar-refractivity contribution in [1.82, 2.24) is 0 Å². The minimum Gasteiger partial charge on any atom is -0.481 e. The summed E-state index contributed by atoms with van der Waals surface area (Å²) >= 11 is 0. The van der Waals surface area contributed by atoms with Gasteiger partial charge in [-0.15, -0.1) is 0 Å². The highest BCUT2D eigenvalue weighted by Crippen LogP contribution is 2.37. The van der Waals surface area contributed by atoms with Crippen molar-refractivity contribution in [2.75, 3.05) is 0 Å². The molecule has 0 saturated carbocycles. The molecule has 0 aromatic rings. The molecule has 6 aliphatic carbocycles. The molecule has 0 spiro atoms. The van der Waals surface area contributed by atoms with Crippen molar-refractivity contribution in [2.24, 2.45) is 32.5 Å². The molecule has 0 fully saturated rings. The van der Waals surface area contributed by atoms with Gasteiger partial charge in [-0.05, 0) is 196 Å². The molecule has 0 aromatic carbocycles. The van der Waals surface area contributed by atoms with Gasteiger partial charge in [0.1, 0.15) is 0 Å². The number of carboxylic acids is 6. The Morgan fingerprint density at radius 1 is 0.256 bits per heavy atom. The van der Waals surface area contributed by atoms with Gasteiger partial charge < -0.3 is 61.3 Å². The van der Waals surface area contributed by atoms with Crippen LogP contribution in [0.5, 0.6) is 0 Å². The van der Waals surface area contributed by atoms with Crippen LogP contribution in [-0.4, -0.2) is 134 Å². The Morgan fingerprint density at radius 3 is 0.474 bits per heavy atom. The third-order valence-electron chi connectivity index (χ3n) is 16.4. The van der Waals surface area contributed by atoms with Crippen molar-refractivity contribution in [1.29, 1.82) is 0 Å². The highest BCUT2D eigenvalue weighted by Gasteiger charge is 2.37. The van der Waals surface area contributed by atoms with Gasteiger partial charge in [0.25, 0.3) is 0 Å². The number of rotatable bonds is 6. The maximum Gasteiger partial charge on any atom is 0.309 e. The molecule has 78 heavy (non-hydrogen) atoms. The second-order valence-corrected chi connectivity index (χ2v) is 23.6. The van der Waals surface area contributed by atoms with Crippen LogP contribution in [0.3, 0.4) is 0 Å². The quantitative estimate of drug-likeness (QED) is 0.110. The van der Waals surface area contributed by atoms with Crippen LogP contribution in [0.25, 0.3) is 0 Å². The van der Waals surface area contributed by atoms with E-state index >= 15 is 0 Å². The first-order valence-electron chi connectivity index (χ1n) is 27.8. The van der Waals surface area contributed by atoms with Crippen LogP contribution in [0.1, 0.15) is 196 Å². The van der Waals surface area contributed by atoms with Gasteiger partial charge in [0.05, 0.1) is 69.1 Å². The average molecular weight is 1110 g/mol. The van der Waals surface area contributed by atoms with Crippen molar-refractivity contribution >= 4 is 35.8 Å². The predicted molar refractivity (Wildman–Crippen MR) is 296 cm³/mol. The third kappa shape index (κ3) is 26.3. The molecule has 0 heterocycles. The molecule has 0 saturated heterocycles. The molecule has 12 atom stereocenters. The van der Waals surface area contributed by atoms with Crippen molar-refractivity contribution in [3.63, 3.8) is 0 Å². The van der Waals surface area contributed by atoms with Crippen LogP contribution in [0.15, 0.2) is 72.9 Å². The highest BCUT2D eigenvalue weighted by molar-refractivity contribution is 5.76. The van der Waals surface area contributed by atoms with Crippen LogP contribution in [0, 0.1) is 32.5 Å². The Hall–Kier alpha value is -4.98. The molecule has 6 rings (SSSR count). The molecule has 0 aliphatic heterocycles. The lowest BCUT2D eigenvalue weighted by Crippen LogP contribution is -2.29. The lowest BCUT2D eigenvalue weighted by molar-refractivity contribution is -0.150. The maximum absolute atomic E-state index is 10.9. The summed E-state index contributed by atoms with van der Waals surface area (Å²) in [6.45, 7) is 10.5. The van der Waals surface area contributed by atoms with E-state index in [1.165, 1.54) is 0 Å². The van der Waals surface area contributed by atoms with E-state index in [0.29, 0.717) is 116 Å². The zero-order valence-electron chi connectivity index (χ0n) is 47.2. The summed E-state index contributed by atoms with van der Waals surface area (Å²) in [6, 6.07) is 0. The van der Waals surface area contributed by atoms with Crippen LogP contribution in [0.2, 0.25) is 0 Å². The summed E-state index contributed by atoms with van der Waals surface area (Å²) in [5.41, 5.74) is -3.97. The summed E-state index contributed by atoms with van der Waals surface area (Å²) in [7, 11) is 0. The number of aliphatic hydroxyl groups excluding tert-OH is 6. The Labute approximate surface area is 462 Å². The summed E-state index contributed by atoms with van der Waals surface area (Å²) in [5, 5.41) is 110. The Balaban J connectivity index is 0.000000468. The van der Waals surface area contributed by atoms with E-state index in [9.17, 15) is 59.4 Å². The standard InChI is InChI=1S/6C10H16O3/c6*1-10(9(12)13)6-3-2-4-8(11)5-7-10/h6*2,4,8,11H,3,5-7H2,1H3,(H,12,13)/b4*4-2+;2*4-2-/t2*8-,10?;2*8-,10+;8-,10?;8-,10+/m001101/s1. The van der Waals surface area contributed by atoms with Crippen LogP contribution in [-0.2, 0) is 28.8 Å². The number of hydrogen-bond acceptors (Lipinski definition) is 12. The van der Waals surface area contributed by atoms with Gasteiger partial charge in [0, 0.05) is 0 Å². The molecule has 444 valence electrons. The lowest BCUT2D eigenvalue weighted by Gasteiger charge is -2.26. The second-order valence-electron chi connectivity index (χ2n) is 23.6. The molecular formula is C60H96O18. The van der Waals surface area contributed by atoms with E-state index in [4.69, 9.17) is 30.6 Å². The molecule has 12 N–H and O–H groups in total. The fraction of sp³-hybridized carbons (Fsp3) is 0.700. The summed E-state index contributed by atoms with van der Waals surface area (Å²) < 4.78 is 0. The monoisotopic (exact) mass is 1100 g/mol. The first kappa shape index (κ1) is 71.0. The fourth-order valence-electron chi connectivity index (χ4n) is 9.34. The van der Waals surface area contributed by atoms with Gasteiger partial charge in [-0.1, -0.05) is 72.9 Å². The van der Waals surface area contributed by atoms with Gasteiger partial charge in [0.15, 0.2) is 0 Å². The van der Waals surface area contributed by atoms with Crippen molar-refractivity contribution in [3.8, 4) is 0 Å². The smallest absolute Gasteiger partial charge is 0.309 e. The van der Waals surface area contributed by atoms with Gasteiger partial charge in [-0.3, -0.25) is 28.8 Å². The summed E-state index contributed by atoms with van der Waals surface area (Å²) in [4.78, 5) is 65.7. The molecular weight excluding hydrogens is 1010 g/mol. The third-order valence-corrected chi connectivity index (χ3v) is 16.4. The molecule has 18 nitrogen and oxygen atoms in total. The van der Waals surface area contributed by atoms with Crippen molar-refractivity contribution < 1.29 is 90.0 Å². The Bertz CT molecular complexity index is 1710. The molecule has 3 unspecified atom stereocenters. The minimum absolute atomic E-state index is 0.473. The molecule has 0 bridgehead atoms. The molecule has 18 heteroatoms. The number of hydrogen-bond donors (Lipinski definition) is 12. The van der Waals surface area contributed by atoms with Gasteiger partial charge >= 0.3 is 35.8 Å². The van der Waals surface area contributed by atoms with Crippen LogP contribution < -0.4 is 0 Å². The maximum atomic E-state index is 10.9. The number of allylic oxidation sites excluding steroid dienone is 6. The Kier molecular flexibility index (Phi) is 31.2. The van der Waals surface area contributed by atoms with E-state index < -0.39 is 105 Å². The fourth-order valence-corrected chi connectivity index (χ4v) is 9.34. The lowest BCUT2D eigenvalue weighted by atomic mass is 9.79. The van der Waals surface area contributed by atoms with Crippen LogP contribution >= 0.6 is 0 Å². The summed E-state index contributed by atoms with van der Waals surface area (Å²) in [5.74, 6) is -4.53. The Morgan fingerprint density at radius 2 is 0.372 bits per heavy atom. The van der Waals surface area contributed by atoms with Crippen molar-refractivity contribution in [3.05, 3.63) is 72.9 Å². The van der Waals surface area contributed by atoms with E-state index in [2.05, 4.69) is 0 Å². The number of aliphatic carboxylic acids is 6. The van der Waals surface area contributed by atoms with E-state index in [1.54, 1.807) is 78.0 Å². The first-order chi connectivity index (χ1) is 36.3. The number of aliphatic hydroxyl groups is 6. The average Bonchev–Trinajstić information content (AvgIpc) is 3.35. The van der Waals surface area contributed by atoms with E-state index in [0.717, 1.165) is 38.5 Å². The predicted octanol–water partition coefficient (Wildman–Crippen LogP) is 9.41. The van der Waals surface area contributed by atoms with E-state index in [1.807, 2.05) is 36.5 Å². The topological polar surface area (TPSA) is 345 Å². The normalized spacial score (nSPS) is 37.5. The molecule has 6 aliphatic rings. The first-order valence-corrected chi connectivity index (χ1v) is 27.8. The van der Waals surface area contributed by atoms with E-state index in [-0.39, 0.29) is 0 Å². The highest BCUT2D eigenvalue weighted by atomic mass is 16.4. The largest absolute Gasteiger partial charge is 0.481 e. The van der Waals surface area contributed by atoms with Gasteiger partial charge in [0.2, 0.25) is 0 Å². The van der Waals surface area contributed by atoms with Gasteiger partial charge in [-0.2, -0.15) is 0 Å². The van der Waals surface area contributed by atoms with Crippen molar-refractivity contribution in [2.45, 2.75) is 232 Å². The SMILES string of the molecule is CC1(C(=O)O)CC/C=C/[C@H](O)CC1.CC1(C(=O)O)CC/C=C/[C@H](O)CC1.CC1(C(=O)O)CC/C=C\[C@H](O)CC1.C[C@]1(C(=O)O)CC/C=C/[C@@H](O)CC1.C[C@]1(C(=O)O)CC/C=C/[C@@H](O)CC1.C[C@]1(C(=O)O)CC/C=C\[C@@H](O)CC1. The summed E-state index contributed by atoms with van der Waals surface area (Å²) in [6.07, 6.45) is 33.8. The number of carboxylic acid groups (broad SMARTS) is 6. The van der Waals surface area contributed by atoms with Crippen LogP contribution in [0.4, 0.5) is 0 Å². The number of carbonyl (C=O) groups is 6. The van der Waals surface area contributed by atoms with Gasteiger partial charge in [-0.25, -0.2) is 0 Å². The minimum atomic E-state index is -0.755. The zero-order valence-corrected chi connectivity index (χ0v) is 47.2. The zero-order chi connectivity index (χ0) is 59.4.